The molecule has 0 radical (unpaired) electrons. The first-order valence-electron chi connectivity index (χ1n) is 8.25. The highest BCUT2D eigenvalue weighted by Crippen LogP contribution is 2.22. The van der Waals surface area contributed by atoms with Crippen molar-refractivity contribution in [2.45, 2.75) is 13.8 Å². The quantitative estimate of drug-likeness (QED) is 0.397. The Morgan fingerprint density at radius 3 is 2.46 bits per heavy atom. The van der Waals surface area contributed by atoms with Crippen molar-refractivity contribution < 1.29 is 9.59 Å². The van der Waals surface area contributed by atoms with E-state index in [-0.39, 0.29) is 17.2 Å². The molecule has 3 rings (SSSR count). The topological polar surface area (TPSA) is 113 Å². The van der Waals surface area contributed by atoms with Gasteiger partial charge in [-0.15, -0.1) is 0 Å². The molecule has 0 aliphatic rings. The molecule has 0 atom stereocenters. The number of hydrogen-bond donors (Lipinski definition) is 4. The number of nitrogens with one attached hydrogen (secondary N) is 3. The minimum absolute atomic E-state index is 0.0896. The number of carbonyl (C=O) groups is 2. The van der Waals surface area contributed by atoms with Gasteiger partial charge in [0.2, 0.25) is 5.95 Å². The smallest absolute Gasteiger partial charge is 0.272 e. The Labute approximate surface area is 178 Å². The number of aromatic nitrogens is 2. The Morgan fingerprint density at radius 2 is 1.71 bits per heavy atom. The zero-order chi connectivity index (χ0) is 20.4. The summed E-state index contributed by atoms with van der Waals surface area (Å²) in [5.41, 5.74) is 8.78. The number of fused-ring (bicyclic) bond motifs is 1. The maximum atomic E-state index is 12.5. The number of halogens is 2. The fourth-order valence-electron chi connectivity index (χ4n) is 2.45. The number of nitrogens with two attached hydrogens (primary N) is 1. The van der Waals surface area contributed by atoms with Gasteiger partial charge in [-0.05, 0) is 49.7 Å². The first-order chi connectivity index (χ1) is 13.2. The van der Waals surface area contributed by atoms with E-state index in [1.165, 1.54) is 6.92 Å². The van der Waals surface area contributed by atoms with Gasteiger partial charge in [0.1, 0.15) is 5.70 Å². The maximum absolute atomic E-state index is 12.5. The van der Waals surface area contributed by atoms with E-state index in [9.17, 15) is 9.59 Å². The van der Waals surface area contributed by atoms with E-state index in [2.05, 4.69) is 52.5 Å². The predicted molar refractivity (Wildman–Crippen MR) is 117 cm³/mol. The molecule has 28 heavy (non-hydrogen) atoms. The van der Waals surface area contributed by atoms with E-state index in [0.29, 0.717) is 11.2 Å². The van der Waals surface area contributed by atoms with Crippen LogP contribution >= 0.6 is 31.9 Å². The largest absolute Gasteiger partial charge is 0.394 e. The number of amides is 2. The van der Waals surface area contributed by atoms with Crippen LogP contribution in [-0.4, -0.2) is 21.8 Å². The molecule has 2 aromatic carbocycles. The molecular formula is C19H17Br2N5O2. The molecule has 144 valence electrons. The summed E-state index contributed by atoms with van der Waals surface area (Å²) in [4.78, 5) is 32.2. The highest BCUT2D eigenvalue weighted by molar-refractivity contribution is 9.10. The van der Waals surface area contributed by atoms with Crippen LogP contribution in [0.4, 0.5) is 11.6 Å². The number of rotatable bonds is 4. The summed E-state index contributed by atoms with van der Waals surface area (Å²) in [5.74, 6) is -0.799. The molecule has 0 unspecified atom stereocenters. The second-order valence-corrected chi connectivity index (χ2v) is 7.98. The van der Waals surface area contributed by atoms with Gasteiger partial charge in [0, 0.05) is 20.2 Å². The second-order valence-electron chi connectivity index (χ2n) is 6.15. The van der Waals surface area contributed by atoms with Crippen molar-refractivity contribution in [3.63, 3.8) is 0 Å². The van der Waals surface area contributed by atoms with E-state index in [0.717, 1.165) is 20.0 Å². The van der Waals surface area contributed by atoms with Crippen LogP contribution in [0, 0.1) is 6.92 Å². The molecule has 5 N–H and O–H groups in total. The molecule has 0 saturated carbocycles. The number of imidazole rings is 1. The molecule has 0 aliphatic heterocycles. The SMILES string of the molecule is C/C(C(=O)Nc1nc2ccc(Br)cc2[nH]1)=C(\N)C(=O)Nc1cc(Br)ccc1C. The molecule has 1 heterocycles. The molecule has 3 aromatic rings. The highest BCUT2D eigenvalue weighted by atomic mass is 79.9. The van der Waals surface area contributed by atoms with Crippen LogP contribution in [0.5, 0.6) is 0 Å². The first-order valence-corrected chi connectivity index (χ1v) is 9.83. The zero-order valence-electron chi connectivity index (χ0n) is 15.1. The Balaban J connectivity index is 1.76. The van der Waals surface area contributed by atoms with Crippen LogP contribution in [0.25, 0.3) is 11.0 Å². The van der Waals surface area contributed by atoms with Crippen LogP contribution < -0.4 is 16.4 Å². The number of H-pyrrole nitrogens is 1. The second kappa shape index (κ2) is 8.15. The number of aromatic amines is 1. The van der Waals surface area contributed by atoms with E-state index >= 15 is 0 Å². The van der Waals surface area contributed by atoms with Gasteiger partial charge >= 0.3 is 0 Å². The lowest BCUT2D eigenvalue weighted by Crippen LogP contribution is -2.26. The summed E-state index contributed by atoms with van der Waals surface area (Å²) in [6.45, 7) is 3.35. The van der Waals surface area contributed by atoms with Crippen LogP contribution in [0.15, 0.2) is 56.6 Å². The highest BCUT2D eigenvalue weighted by Gasteiger charge is 2.17. The lowest BCUT2D eigenvalue weighted by Gasteiger charge is -2.11. The Morgan fingerprint density at radius 1 is 1.04 bits per heavy atom. The van der Waals surface area contributed by atoms with Crippen molar-refractivity contribution in [3.05, 3.63) is 62.2 Å². The summed E-state index contributed by atoms with van der Waals surface area (Å²) in [6, 6.07) is 11.0. The molecule has 2 amide bonds. The van der Waals surface area contributed by atoms with Gasteiger partial charge in [-0.1, -0.05) is 37.9 Å². The normalized spacial score (nSPS) is 11.9. The van der Waals surface area contributed by atoms with Crippen LogP contribution in [0.1, 0.15) is 12.5 Å². The van der Waals surface area contributed by atoms with Gasteiger partial charge in [0.25, 0.3) is 11.8 Å². The van der Waals surface area contributed by atoms with Crippen molar-refractivity contribution in [1.82, 2.24) is 9.97 Å². The Kier molecular flexibility index (Phi) is 5.85. The molecule has 0 bridgehead atoms. The molecule has 0 spiro atoms. The number of carbonyl (C=O) groups excluding carboxylic acids is 2. The van der Waals surface area contributed by atoms with E-state index in [1.54, 1.807) is 6.07 Å². The summed E-state index contributed by atoms with van der Waals surface area (Å²) in [5, 5.41) is 5.34. The predicted octanol–water partition coefficient (Wildman–Crippen LogP) is 4.21. The average molecular weight is 507 g/mol. The number of benzene rings is 2. The van der Waals surface area contributed by atoms with Gasteiger partial charge in [-0.2, -0.15) is 0 Å². The van der Waals surface area contributed by atoms with Gasteiger partial charge < -0.3 is 16.0 Å². The number of anilines is 2. The van der Waals surface area contributed by atoms with E-state index < -0.39 is 11.8 Å². The number of nitrogens with zero attached hydrogens (tertiary/aromatic N) is 1. The van der Waals surface area contributed by atoms with Gasteiger partial charge in [-0.25, -0.2) is 4.98 Å². The minimum atomic E-state index is -0.553. The van der Waals surface area contributed by atoms with Crippen LogP contribution in [0.2, 0.25) is 0 Å². The zero-order valence-corrected chi connectivity index (χ0v) is 18.2. The van der Waals surface area contributed by atoms with Crippen LogP contribution in [0.3, 0.4) is 0 Å². The van der Waals surface area contributed by atoms with E-state index in [4.69, 9.17) is 5.73 Å². The van der Waals surface area contributed by atoms with Crippen molar-refractivity contribution in [2.75, 3.05) is 10.6 Å². The summed E-state index contributed by atoms with van der Waals surface area (Å²) < 4.78 is 1.71. The summed E-state index contributed by atoms with van der Waals surface area (Å²) >= 11 is 6.74. The van der Waals surface area contributed by atoms with Crippen molar-refractivity contribution in [3.8, 4) is 0 Å². The lowest BCUT2D eigenvalue weighted by atomic mass is 10.1. The monoisotopic (exact) mass is 505 g/mol. The maximum Gasteiger partial charge on any atom is 0.272 e. The minimum Gasteiger partial charge on any atom is -0.394 e. The van der Waals surface area contributed by atoms with Crippen molar-refractivity contribution in [2.24, 2.45) is 5.73 Å². The lowest BCUT2D eigenvalue weighted by molar-refractivity contribution is -0.115. The molecular weight excluding hydrogens is 490 g/mol. The molecule has 0 saturated heterocycles. The number of hydrogen-bond acceptors (Lipinski definition) is 4. The van der Waals surface area contributed by atoms with Crippen molar-refractivity contribution in [1.29, 1.82) is 0 Å². The molecule has 9 heteroatoms. The van der Waals surface area contributed by atoms with Gasteiger partial charge in [0.15, 0.2) is 0 Å². The fraction of sp³-hybridized carbons (Fsp3) is 0.105. The molecule has 0 fully saturated rings. The molecule has 1 aromatic heterocycles. The molecule has 7 nitrogen and oxygen atoms in total. The van der Waals surface area contributed by atoms with Gasteiger partial charge in [-0.3, -0.25) is 14.9 Å². The number of aryl methyl sites for hydroxylation is 1. The summed E-state index contributed by atoms with van der Waals surface area (Å²) in [6.07, 6.45) is 0. The van der Waals surface area contributed by atoms with Gasteiger partial charge in [0.05, 0.1) is 11.0 Å². The molecule has 0 aliphatic carbocycles. The Bertz CT molecular complexity index is 1120. The average Bonchev–Trinajstić information content (AvgIpc) is 3.04. The third-order valence-electron chi connectivity index (χ3n) is 4.11. The Hall–Kier alpha value is -2.65. The third-order valence-corrected chi connectivity index (χ3v) is 5.10. The first kappa shape index (κ1) is 20.1. The third kappa shape index (κ3) is 4.42. The van der Waals surface area contributed by atoms with E-state index in [1.807, 2.05) is 37.3 Å². The summed E-state index contributed by atoms with van der Waals surface area (Å²) in [7, 11) is 0. The standard InChI is InChI=1S/C19H17Br2N5O2/c1-9-3-4-11(20)7-14(9)23-18(28)16(22)10(2)17(27)26-19-24-13-6-5-12(21)8-15(13)25-19/h3-8H,22H2,1-2H3,(H,23,28)(H2,24,25,26,27)/b16-10+. The van der Waals surface area contributed by atoms with Crippen LogP contribution in [-0.2, 0) is 9.59 Å². The fourth-order valence-corrected chi connectivity index (χ4v) is 3.18. The van der Waals surface area contributed by atoms with Crippen molar-refractivity contribution >= 4 is 66.3 Å².